The van der Waals surface area contributed by atoms with Crippen LogP contribution in [0.5, 0.6) is 0 Å². The van der Waals surface area contributed by atoms with Crippen LogP contribution in [-0.2, 0) is 0 Å². The molecule has 3 rings (SSSR count). The molecule has 0 aliphatic carbocycles. The fourth-order valence-electron chi connectivity index (χ4n) is 2.17. The molecule has 2 N–H and O–H groups in total. The van der Waals surface area contributed by atoms with Crippen LogP contribution in [0.1, 0.15) is 10.4 Å². The zero-order chi connectivity index (χ0) is 18.7. The second-order valence-electron chi connectivity index (χ2n) is 5.24. The summed E-state index contributed by atoms with van der Waals surface area (Å²) in [4.78, 5) is 16.3. The Morgan fingerprint density at radius 3 is 2.35 bits per heavy atom. The average Bonchev–Trinajstić information content (AvgIpc) is 2.60. The van der Waals surface area contributed by atoms with Gasteiger partial charge in [0, 0.05) is 5.69 Å². The maximum absolute atomic E-state index is 13.8. The molecule has 1 heterocycles. The number of hydrogen-bond donors (Lipinski definition) is 2. The van der Waals surface area contributed by atoms with Crippen molar-refractivity contribution >= 4 is 46.3 Å². The minimum absolute atomic E-state index is 0.0133. The number of rotatable bonds is 4. The zero-order valence-corrected chi connectivity index (χ0v) is 14.6. The lowest BCUT2D eigenvalue weighted by Crippen LogP contribution is -2.14. The lowest BCUT2D eigenvalue weighted by atomic mass is 10.2. The number of benzene rings is 2. The molecule has 3 aromatic rings. The third kappa shape index (κ3) is 4.09. The van der Waals surface area contributed by atoms with Crippen molar-refractivity contribution < 1.29 is 13.6 Å². The van der Waals surface area contributed by atoms with Gasteiger partial charge in [0.15, 0.2) is 0 Å². The van der Waals surface area contributed by atoms with Crippen LogP contribution in [0, 0.1) is 11.6 Å². The molecule has 2 aromatic carbocycles. The first kappa shape index (κ1) is 18.1. The van der Waals surface area contributed by atoms with Crippen molar-refractivity contribution in [3.8, 4) is 0 Å². The first-order valence-electron chi connectivity index (χ1n) is 7.37. The van der Waals surface area contributed by atoms with Crippen molar-refractivity contribution in [2.75, 3.05) is 10.6 Å². The van der Waals surface area contributed by atoms with E-state index >= 15 is 0 Å². The number of halogens is 4. The number of aromatic nitrogens is 1. The molecular weight excluding hydrogens is 383 g/mol. The van der Waals surface area contributed by atoms with Gasteiger partial charge in [-0.15, -0.1) is 0 Å². The van der Waals surface area contributed by atoms with E-state index in [1.165, 1.54) is 36.5 Å². The predicted molar refractivity (Wildman–Crippen MR) is 98.3 cm³/mol. The van der Waals surface area contributed by atoms with Crippen LogP contribution in [0.4, 0.5) is 26.0 Å². The monoisotopic (exact) mass is 393 g/mol. The number of anilines is 3. The first-order chi connectivity index (χ1) is 12.4. The summed E-state index contributed by atoms with van der Waals surface area (Å²) >= 11 is 11.6. The highest BCUT2D eigenvalue weighted by Crippen LogP contribution is 2.23. The van der Waals surface area contributed by atoms with Gasteiger partial charge < -0.3 is 10.6 Å². The van der Waals surface area contributed by atoms with Gasteiger partial charge in [-0.25, -0.2) is 13.8 Å². The van der Waals surface area contributed by atoms with Crippen molar-refractivity contribution in [3.63, 3.8) is 0 Å². The summed E-state index contributed by atoms with van der Waals surface area (Å²) in [5.41, 5.74) is 0.674. The molecule has 1 amide bonds. The van der Waals surface area contributed by atoms with Crippen LogP contribution >= 0.6 is 23.2 Å². The molecule has 0 saturated carbocycles. The van der Waals surface area contributed by atoms with E-state index in [1.807, 2.05) is 0 Å². The largest absolute Gasteiger partial charge is 0.340 e. The fraction of sp³-hybridized carbons (Fsp3) is 0. The molecule has 0 spiro atoms. The molecule has 0 bridgehead atoms. The number of amides is 1. The smallest absolute Gasteiger partial charge is 0.260 e. The molecule has 0 radical (unpaired) electrons. The van der Waals surface area contributed by atoms with Crippen molar-refractivity contribution in [2.24, 2.45) is 0 Å². The summed E-state index contributed by atoms with van der Waals surface area (Å²) in [6.07, 6.45) is 1.39. The van der Waals surface area contributed by atoms with E-state index in [-0.39, 0.29) is 15.6 Å². The first-order valence-corrected chi connectivity index (χ1v) is 8.13. The van der Waals surface area contributed by atoms with E-state index in [1.54, 1.807) is 12.1 Å². The summed E-state index contributed by atoms with van der Waals surface area (Å²) in [5.74, 6) is -1.46. The van der Waals surface area contributed by atoms with Crippen LogP contribution in [0.25, 0.3) is 0 Å². The quantitative estimate of drug-likeness (QED) is 0.600. The SMILES string of the molecule is O=C(Nc1ccc(Nc2ccc(F)c(Cl)c2)nc1)c1c(F)cccc1Cl. The molecular formula is C18H11Cl2F2N3O. The lowest BCUT2D eigenvalue weighted by molar-refractivity contribution is 0.102. The molecule has 1 aromatic heterocycles. The van der Waals surface area contributed by atoms with Crippen LogP contribution in [-0.4, -0.2) is 10.9 Å². The van der Waals surface area contributed by atoms with Gasteiger partial charge in [0.1, 0.15) is 17.5 Å². The molecule has 132 valence electrons. The fourth-order valence-corrected chi connectivity index (χ4v) is 2.60. The Morgan fingerprint density at radius 2 is 1.69 bits per heavy atom. The third-order valence-electron chi connectivity index (χ3n) is 3.40. The molecule has 0 atom stereocenters. The highest BCUT2D eigenvalue weighted by atomic mass is 35.5. The van der Waals surface area contributed by atoms with Gasteiger partial charge in [0.25, 0.3) is 5.91 Å². The van der Waals surface area contributed by atoms with E-state index in [2.05, 4.69) is 15.6 Å². The van der Waals surface area contributed by atoms with Crippen molar-refractivity contribution in [1.82, 2.24) is 4.98 Å². The maximum atomic E-state index is 13.8. The Balaban J connectivity index is 1.71. The minimum Gasteiger partial charge on any atom is -0.340 e. The van der Waals surface area contributed by atoms with Crippen LogP contribution < -0.4 is 10.6 Å². The van der Waals surface area contributed by atoms with Gasteiger partial charge in [-0.1, -0.05) is 29.3 Å². The van der Waals surface area contributed by atoms with Crippen molar-refractivity contribution in [2.45, 2.75) is 0 Å². The van der Waals surface area contributed by atoms with Gasteiger partial charge in [0.05, 0.1) is 27.5 Å². The number of pyridine rings is 1. The Hall–Kier alpha value is -2.70. The highest BCUT2D eigenvalue weighted by molar-refractivity contribution is 6.34. The second-order valence-corrected chi connectivity index (χ2v) is 6.05. The molecule has 0 unspecified atom stereocenters. The highest BCUT2D eigenvalue weighted by Gasteiger charge is 2.16. The topological polar surface area (TPSA) is 54.0 Å². The Bertz CT molecular complexity index is 945. The van der Waals surface area contributed by atoms with E-state index in [0.29, 0.717) is 17.2 Å². The third-order valence-corrected chi connectivity index (χ3v) is 4.01. The summed E-state index contributed by atoms with van der Waals surface area (Å²) in [7, 11) is 0. The van der Waals surface area contributed by atoms with E-state index in [9.17, 15) is 13.6 Å². The standard InChI is InChI=1S/C18H11Cl2F2N3O/c19-12-2-1-3-15(22)17(12)18(26)25-11-5-7-16(23-9-11)24-10-4-6-14(21)13(20)8-10/h1-9H,(H,23,24)(H,25,26). The normalized spacial score (nSPS) is 10.5. The van der Waals surface area contributed by atoms with Gasteiger partial charge in [-0.3, -0.25) is 4.79 Å². The summed E-state index contributed by atoms with van der Waals surface area (Å²) in [6.45, 7) is 0. The number of nitrogens with one attached hydrogen (secondary N) is 2. The van der Waals surface area contributed by atoms with Crippen molar-refractivity contribution in [1.29, 1.82) is 0 Å². The second kappa shape index (κ2) is 7.68. The molecule has 0 aliphatic heterocycles. The van der Waals surface area contributed by atoms with Gasteiger partial charge >= 0.3 is 0 Å². The van der Waals surface area contributed by atoms with Gasteiger partial charge in [0.2, 0.25) is 0 Å². The average molecular weight is 394 g/mol. The number of carbonyl (C=O) groups is 1. The minimum atomic E-state index is -0.713. The molecule has 4 nitrogen and oxygen atoms in total. The lowest BCUT2D eigenvalue weighted by Gasteiger charge is -2.09. The molecule has 26 heavy (non-hydrogen) atoms. The Labute approximate surface area is 157 Å². The van der Waals surface area contributed by atoms with E-state index in [0.717, 1.165) is 6.07 Å². The van der Waals surface area contributed by atoms with E-state index in [4.69, 9.17) is 23.2 Å². The molecule has 0 saturated heterocycles. The predicted octanol–water partition coefficient (Wildman–Crippen LogP) is 5.66. The van der Waals surface area contributed by atoms with Crippen molar-refractivity contribution in [3.05, 3.63) is 82.0 Å². The number of carbonyl (C=O) groups excluding carboxylic acids is 1. The maximum Gasteiger partial charge on any atom is 0.260 e. The van der Waals surface area contributed by atoms with Crippen LogP contribution in [0.3, 0.4) is 0 Å². The molecule has 8 heteroatoms. The Morgan fingerprint density at radius 1 is 0.923 bits per heavy atom. The number of nitrogens with zero attached hydrogens (tertiary/aromatic N) is 1. The van der Waals surface area contributed by atoms with Gasteiger partial charge in [-0.2, -0.15) is 0 Å². The number of hydrogen-bond acceptors (Lipinski definition) is 3. The van der Waals surface area contributed by atoms with Crippen LogP contribution in [0.15, 0.2) is 54.7 Å². The summed E-state index contributed by atoms with van der Waals surface area (Å²) in [6, 6.07) is 11.3. The zero-order valence-electron chi connectivity index (χ0n) is 13.1. The van der Waals surface area contributed by atoms with Crippen LogP contribution in [0.2, 0.25) is 10.0 Å². The Kier molecular flexibility index (Phi) is 5.35. The van der Waals surface area contributed by atoms with Gasteiger partial charge in [-0.05, 0) is 42.5 Å². The summed E-state index contributed by atoms with van der Waals surface area (Å²) < 4.78 is 26.9. The van der Waals surface area contributed by atoms with E-state index < -0.39 is 17.5 Å². The molecule has 0 fully saturated rings. The summed E-state index contributed by atoms with van der Waals surface area (Å²) in [5, 5.41) is 5.47. The molecule has 0 aliphatic rings.